The summed E-state index contributed by atoms with van der Waals surface area (Å²) in [5.74, 6) is -0.780. The number of anilines is 3. The standard InChI is InChI=1S/C17H19N5O3S/c1-10(2)14(15(24)21-16-18-7-8-26-16)20-17(25)22-9-13(23)19-11-5-3-4-6-12(11)22/h3-8,10,14H,9H2,1-2H3,(H,19,23)(H,20,25)(H,18,21,24)/t14-/m1/s1. The molecular formula is C17H19N5O3S. The highest BCUT2D eigenvalue weighted by molar-refractivity contribution is 7.13. The van der Waals surface area contributed by atoms with Gasteiger partial charge in [0.25, 0.3) is 0 Å². The highest BCUT2D eigenvalue weighted by atomic mass is 32.1. The SMILES string of the molecule is CC(C)[C@@H](NC(=O)N1CC(=O)Nc2ccccc21)C(=O)Nc1nccs1. The lowest BCUT2D eigenvalue weighted by Crippen LogP contribution is -2.54. The number of hydrogen-bond donors (Lipinski definition) is 3. The van der Waals surface area contributed by atoms with E-state index >= 15 is 0 Å². The van der Waals surface area contributed by atoms with Gasteiger partial charge in [0.05, 0.1) is 11.4 Å². The van der Waals surface area contributed by atoms with Gasteiger partial charge in [-0.15, -0.1) is 11.3 Å². The van der Waals surface area contributed by atoms with Crippen molar-refractivity contribution in [3.63, 3.8) is 0 Å². The van der Waals surface area contributed by atoms with E-state index in [4.69, 9.17) is 0 Å². The first-order chi connectivity index (χ1) is 12.5. The van der Waals surface area contributed by atoms with Crippen molar-refractivity contribution in [3.05, 3.63) is 35.8 Å². The van der Waals surface area contributed by atoms with Crippen LogP contribution in [0.3, 0.4) is 0 Å². The third kappa shape index (κ3) is 3.83. The lowest BCUT2D eigenvalue weighted by atomic mass is 10.0. The number of carbonyl (C=O) groups is 3. The fraction of sp³-hybridized carbons (Fsp3) is 0.294. The summed E-state index contributed by atoms with van der Waals surface area (Å²) in [6, 6.07) is 5.77. The van der Waals surface area contributed by atoms with Crippen LogP contribution in [0.1, 0.15) is 13.8 Å². The zero-order valence-electron chi connectivity index (χ0n) is 14.4. The zero-order valence-corrected chi connectivity index (χ0v) is 15.2. The van der Waals surface area contributed by atoms with Crippen LogP contribution < -0.4 is 20.9 Å². The third-order valence-corrected chi connectivity index (χ3v) is 4.59. The monoisotopic (exact) mass is 373 g/mol. The van der Waals surface area contributed by atoms with Crippen molar-refractivity contribution in [2.45, 2.75) is 19.9 Å². The summed E-state index contributed by atoms with van der Waals surface area (Å²) in [6.07, 6.45) is 1.59. The fourth-order valence-corrected chi connectivity index (χ4v) is 3.16. The van der Waals surface area contributed by atoms with Crippen LogP contribution >= 0.6 is 11.3 Å². The van der Waals surface area contributed by atoms with Crippen molar-refractivity contribution in [3.8, 4) is 0 Å². The summed E-state index contributed by atoms with van der Waals surface area (Å²) in [5.41, 5.74) is 1.15. The van der Waals surface area contributed by atoms with Gasteiger partial charge in [-0.3, -0.25) is 14.5 Å². The van der Waals surface area contributed by atoms with Gasteiger partial charge in [0.2, 0.25) is 11.8 Å². The van der Waals surface area contributed by atoms with Gasteiger partial charge in [0.1, 0.15) is 12.6 Å². The molecule has 1 aliphatic rings. The van der Waals surface area contributed by atoms with E-state index in [9.17, 15) is 14.4 Å². The number of aromatic nitrogens is 1. The number of fused-ring (bicyclic) bond motifs is 1. The van der Waals surface area contributed by atoms with Crippen molar-refractivity contribution >= 4 is 45.7 Å². The van der Waals surface area contributed by atoms with Crippen molar-refractivity contribution < 1.29 is 14.4 Å². The van der Waals surface area contributed by atoms with E-state index in [1.54, 1.807) is 35.8 Å². The largest absolute Gasteiger partial charge is 0.326 e. The molecule has 0 fully saturated rings. The lowest BCUT2D eigenvalue weighted by Gasteiger charge is -2.31. The molecule has 1 aliphatic heterocycles. The van der Waals surface area contributed by atoms with Gasteiger partial charge in [-0.25, -0.2) is 9.78 Å². The predicted molar refractivity (Wildman–Crippen MR) is 100 cm³/mol. The van der Waals surface area contributed by atoms with Crippen LogP contribution in [-0.2, 0) is 9.59 Å². The first-order valence-electron chi connectivity index (χ1n) is 8.13. The number of nitrogens with one attached hydrogen (secondary N) is 3. The second-order valence-corrected chi connectivity index (χ2v) is 7.04. The Balaban J connectivity index is 1.76. The van der Waals surface area contributed by atoms with Crippen molar-refractivity contribution in [2.24, 2.45) is 5.92 Å². The molecular weight excluding hydrogens is 354 g/mol. The summed E-state index contributed by atoms with van der Waals surface area (Å²) >= 11 is 1.30. The van der Waals surface area contributed by atoms with E-state index in [1.165, 1.54) is 16.2 Å². The maximum atomic E-state index is 12.8. The molecule has 8 nitrogen and oxygen atoms in total. The molecule has 3 rings (SSSR count). The Hall–Kier alpha value is -2.94. The van der Waals surface area contributed by atoms with Gasteiger partial charge in [-0.2, -0.15) is 0 Å². The Morgan fingerprint density at radius 1 is 1.31 bits per heavy atom. The molecule has 0 unspecified atom stereocenters. The number of thiazole rings is 1. The molecule has 4 amide bonds. The van der Waals surface area contributed by atoms with Crippen LogP contribution in [-0.4, -0.2) is 35.4 Å². The molecule has 1 atom stereocenters. The molecule has 0 aliphatic carbocycles. The van der Waals surface area contributed by atoms with Crippen molar-refractivity contribution in [1.82, 2.24) is 10.3 Å². The Morgan fingerprint density at radius 2 is 2.08 bits per heavy atom. The minimum atomic E-state index is -0.761. The van der Waals surface area contributed by atoms with Crippen LogP contribution in [0.2, 0.25) is 0 Å². The number of hydrogen-bond acceptors (Lipinski definition) is 5. The quantitative estimate of drug-likeness (QED) is 0.765. The number of para-hydroxylation sites is 2. The van der Waals surface area contributed by atoms with Crippen LogP contribution in [0.15, 0.2) is 35.8 Å². The Bertz CT molecular complexity index is 822. The summed E-state index contributed by atoms with van der Waals surface area (Å²) < 4.78 is 0. The van der Waals surface area contributed by atoms with Gasteiger partial charge in [0.15, 0.2) is 5.13 Å². The molecule has 1 aromatic heterocycles. The summed E-state index contributed by atoms with van der Waals surface area (Å²) in [7, 11) is 0. The van der Waals surface area contributed by atoms with Crippen LogP contribution in [0, 0.1) is 5.92 Å². The molecule has 2 aromatic rings. The molecule has 1 aromatic carbocycles. The maximum Gasteiger partial charge on any atom is 0.323 e. The second-order valence-electron chi connectivity index (χ2n) is 6.15. The third-order valence-electron chi connectivity index (χ3n) is 3.91. The molecule has 9 heteroatoms. The Labute approximate surface area is 154 Å². The average Bonchev–Trinajstić information content (AvgIpc) is 3.11. The molecule has 0 saturated carbocycles. The highest BCUT2D eigenvalue weighted by Crippen LogP contribution is 2.29. The molecule has 3 N–H and O–H groups in total. The summed E-state index contributed by atoms with van der Waals surface area (Å²) in [5, 5.41) is 10.4. The van der Waals surface area contributed by atoms with Gasteiger partial charge in [0, 0.05) is 11.6 Å². The topological polar surface area (TPSA) is 103 Å². The normalized spacial score (nSPS) is 14.4. The van der Waals surface area contributed by atoms with Crippen LogP contribution in [0.4, 0.5) is 21.3 Å². The number of urea groups is 1. The van der Waals surface area contributed by atoms with E-state index in [0.29, 0.717) is 16.5 Å². The first-order valence-corrected chi connectivity index (χ1v) is 9.01. The Morgan fingerprint density at radius 3 is 2.77 bits per heavy atom. The molecule has 0 spiro atoms. The van der Waals surface area contributed by atoms with Crippen molar-refractivity contribution in [1.29, 1.82) is 0 Å². The molecule has 26 heavy (non-hydrogen) atoms. The minimum Gasteiger partial charge on any atom is -0.326 e. The van der Waals surface area contributed by atoms with Gasteiger partial charge < -0.3 is 16.0 Å². The van der Waals surface area contributed by atoms with Gasteiger partial charge >= 0.3 is 6.03 Å². The summed E-state index contributed by atoms with van der Waals surface area (Å²) in [6.45, 7) is 3.56. The smallest absolute Gasteiger partial charge is 0.323 e. The van der Waals surface area contributed by atoms with Crippen LogP contribution in [0.25, 0.3) is 0 Å². The van der Waals surface area contributed by atoms with E-state index in [0.717, 1.165) is 0 Å². The molecule has 0 bridgehead atoms. The minimum absolute atomic E-state index is 0.109. The average molecular weight is 373 g/mol. The Kier molecular flexibility index (Phi) is 5.17. The first kappa shape index (κ1) is 17.9. The van der Waals surface area contributed by atoms with Gasteiger partial charge in [-0.05, 0) is 18.1 Å². The molecule has 2 heterocycles. The lowest BCUT2D eigenvalue weighted by molar-refractivity contribution is -0.118. The maximum absolute atomic E-state index is 12.8. The van der Waals surface area contributed by atoms with Crippen LogP contribution in [0.5, 0.6) is 0 Å². The van der Waals surface area contributed by atoms with E-state index in [2.05, 4.69) is 20.9 Å². The molecule has 0 radical (unpaired) electrons. The number of rotatable bonds is 4. The fourth-order valence-electron chi connectivity index (χ4n) is 2.63. The molecule has 136 valence electrons. The van der Waals surface area contributed by atoms with E-state index in [1.807, 2.05) is 13.8 Å². The number of carbonyl (C=O) groups excluding carboxylic acids is 3. The van der Waals surface area contributed by atoms with E-state index < -0.39 is 12.1 Å². The molecule has 0 saturated heterocycles. The van der Waals surface area contributed by atoms with Crippen molar-refractivity contribution in [2.75, 3.05) is 22.1 Å². The zero-order chi connectivity index (χ0) is 18.7. The number of nitrogens with zero attached hydrogens (tertiary/aromatic N) is 2. The summed E-state index contributed by atoms with van der Waals surface area (Å²) in [4.78, 5) is 42.5. The number of benzene rings is 1. The highest BCUT2D eigenvalue weighted by Gasteiger charge is 2.31. The number of amides is 4. The van der Waals surface area contributed by atoms with Gasteiger partial charge in [-0.1, -0.05) is 26.0 Å². The second kappa shape index (κ2) is 7.52. The van der Waals surface area contributed by atoms with E-state index in [-0.39, 0.29) is 24.3 Å². The predicted octanol–water partition coefficient (Wildman–Crippen LogP) is 2.27.